The Labute approximate surface area is 127 Å². The third kappa shape index (κ3) is 3.34. The summed E-state index contributed by atoms with van der Waals surface area (Å²) in [6, 6.07) is 2.07. The summed E-state index contributed by atoms with van der Waals surface area (Å²) in [5, 5.41) is 0.979. The minimum Gasteiger partial charge on any atom is -0.383 e. The first-order valence-corrected chi connectivity index (χ1v) is 8.15. The zero-order valence-corrected chi connectivity index (χ0v) is 13.3. The normalized spacial score (nSPS) is 11.0. The Hall–Kier alpha value is -1.47. The van der Waals surface area contributed by atoms with Crippen LogP contribution in [0.3, 0.4) is 0 Å². The zero-order chi connectivity index (χ0) is 14.7. The van der Waals surface area contributed by atoms with Crippen LogP contribution < -0.4 is 11.5 Å². The van der Waals surface area contributed by atoms with Crippen molar-refractivity contribution < 1.29 is 0 Å². The molecule has 7 heteroatoms. The SMILES string of the molecule is CSc1cc(Sc2cnc(N)nc2N)c(C(C)C)cn1. The first kappa shape index (κ1) is 14.9. The predicted octanol–water partition coefficient (Wildman–Crippen LogP) is 3.03. The summed E-state index contributed by atoms with van der Waals surface area (Å²) in [5.41, 5.74) is 12.6. The number of pyridine rings is 1. The van der Waals surface area contributed by atoms with E-state index in [0.29, 0.717) is 11.7 Å². The molecule has 4 N–H and O–H groups in total. The lowest BCUT2D eigenvalue weighted by molar-refractivity contribution is 0.821. The van der Waals surface area contributed by atoms with Crippen LogP contribution in [-0.2, 0) is 0 Å². The maximum Gasteiger partial charge on any atom is 0.221 e. The first-order chi connectivity index (χ1) is 9.51. The average molecular weight is 307 g/mol. The van der Waals surface area contributed by atoms with Crippen LogP contribution >= 0.6 is 23.5 Å². The summed E-state index contributed by atoms with van der Waals surface area (Å²) >= 11 is 3.16. The maximum atomic E-state index is 5.89. The third-order valence-electron chi connectivity index (χ3n) is 2.72. The van der Waals surface area contributed by atoms with Gasteiger partial charge in [-0.05, 0) is 23.8 Å². The van der Waals surface area contributed by atoms with Crippen molar-refractivity contribution in [2.75, 3.05) is 17.7 Å². The quantitative estimate of drug-likeness (QED) is 0.839. The molecular weight excluding hydrogens is 290 g/mol. The van der Waals surface area contributed by atoms with Crippen molar-refractivity contribution in [1.29, 1.82) is 0 Å². The molecule has 0 aliphatic rings. The molecule has 0 atom stereocenters. The molecule has 2 heterocycles. The van der Waals surface area contributed by atoms with Crippen LogP contribution in [0.5, 0.6) is 0 Å². The van der Waals surface area contributed by atoms with Crippen LogP contribution in [0.1, 0.15) is 25.3 Å². The van der Waals surface area contributed by atoms with E-state index >= 15 is 0 Å². The van der Waals surface area contributed by atoms with E-state index in [2.05, 4.69) is 34.9 Å². The highest BCUT2D eigenvalue weighted by molar-refractivity contribution is 8.00. The van der Waals surface area contributed by atoms with Crippen LogP contribution in [0.2, 0.25) is 0 Å². The fraction of sp³-hybridized carbons (Fsp3) is 0.308. The van der Waals surface area contributed by atoms with Crippen molar-refractivity contribution in [3.8, 4) is 0 Å². The molecule has 0 radical (unpaired) electrons. The molecule has 0 unspecified atom stereocenters. The Morgan fingerprint density at radius 3 is 2.45 bits per heavy atom. The topological polar surface area (TPSA) is 90.7 Å². The van der Waals surface area contributed by atoms with E-state index in [9.17, 15) is 0 Å². The van der Waals surface area contributed by atoms with E-state index in [4.69, 9.17) is 11.5 Å². The van der Waals surface area contributed by atoms with Crippen molar-refractivity contribution in [2.45, 2.75) is 34.6 Å². The first-order valence-electron chi connectivity index (χ1n) is 6.11. The fourth-order valence-electron chi connectivity index (χ4n) is 1.66. The number of thioether (sulfide) groups is 1. The Kier molecular flexibility index (Phi) is 4.72. The lowest BCUT2D eigenvalue weighted by atomic mass is 10.1. The molecule has 2 aromatic rings. The van der Waals surface area contributed by atoms with Gasteiger partial charge in [0.25, 0.3) is 0 Å². The molecule has 2 aromatic heterocycles. The van der Waals surface area contributed by atoms with Gasteiger partial charge in [-0.15, -0.1) is 11.8 Å². The van der Waals surface area contributed by atoms with E-state index in [1.54, 1.807) is 29.7 Å². The standard InChI is InChI=1S/C13H17N5S2/c1-7(2)8-5-16-11(19-3)4-9(8)20-10-6-17-13(15)18-12(10)14/h4-7H,1-3H3,(H4,14,15,17,18). The second-order valence-corrected chi connectivity index (χ2v) is 6.41. The smallest absolute Gasteiger partial charge is 0.221 e. The van der Waals surface area contributed by atoms with E-state index in [-0.39, 0.29) is 5.95 Å². The summed E-state index contributed by atoms with van der Waals surface area (Å²) in [6.45, 7) is 4.28. The van der Waals surface area contributed by atoms with Gasteiger partial charge in [0.1, 0.15) is 5.82 Å². The Morgan fingerprint density at radius 2 is 1.85 bits per heavy atom. The van der Waals surface area contributed by atoms with Crippen LogP contribution in [-0.4, -0.2) is 21.2 Å². The van der Waals surface area contributed by atoms with Gasteiger partial charge in [0.05, 0.1) is 9.92 Å². The van der Waals surface area contributed by atoms with Crippen molar-refractivity contribution in [3.63, 3.8) is 0 Å². The summed E-state index contributed by atoms with van der Waals surface area (Å²) in [6.07, 6.45) is 5.59. The number of nitrogen functional groups attached to an aromatic ring is 2. The molecule has 106 valence electrons. The van der Waals surface area contributed by atoms with Gasteiger partial charge in [-0.3, -0.25) is 0 Å². The van der Waals surface area contributed by atoms with Crippen LogP contribution in [0.25, 0.3) is 0 Å². The summed E-state index contributed by atoms with van der Waals surface area (Å²) in [4.78, 5) is 14.3. The van der Waals surface area contributed by atoms with Gasteiger partial charge in [0.2, 0.25) is 5.95 Å². The van der Waals surface area contributed by atoms with E-state index in [0.717, 1.165) is 14.8 Å². The predicted molar refractivity (Wildman–Crippen MR) is 85.1 cm³/mol. The molecule has 0 aromatic carbocycles. The maximum absolute atomic E-state index is 5.89. The molecule has 5 nitrogen and oxygen atoms in total. The monoisotopic (exact) mass is 307 g/mol. The summed E-state index contributed by atoms with van der Waals surface area (Å²) in [5.74, 6) is 0.979. The van der Waals surface area contributed by atoms with E-state index < -0.39 is 0 Å². The number of rotatable bonds is 4. The molecule has 0 spiro atoms. The fourth-order valence-corrected chi connectivity index (χ4v) is 3.20. The molecule has 20 heavy (non-hydrogen) atoms. The number of anilines is 2. The molecule has 0 saturated heterocycles. The van der Waals surface area contributed by atoms with Gasteiger partial charge in [-0.1, -0.05) is 25.6 Å². The Balaban J connectivity index is 2.40. The minimum atomic E-state index is 0.190. The van der Waals surface area contributed by atoms with Gasteiger partial charge in [-0.25, -0.2) is 9.97 Å². The number of nitrogens with two attached hydrogens (primary N) is 2. The zero-order valence-electron chi connectivity index (χ0n) is 11.6. The number of aromatic nitrogens is 3. The van der Waals surface area contributed by atoms with Gasteiger partial charge in [-0.2, -0.15) is 4.98 Å². The van der Waals surface area contributed by atoms with Gasteiger partial charge < -0.3 is 11.5 Å². The minimum absolute atomic E-state index is 0.190. The molecule has 0 aliphatic heterocycles. The van der Waals surface area contributed by atoms with Crippen LogP contribution in [0, 0.1) is 0 Å². The van der Waals surface area contributed by atoms with Crippen molar-refractivity contribution in [3.05, 3.63) is 24.0 Å². The summed E-state index contributed by atoms with van der Waals surface area (Å²) < 4.78 is 0. The number of hydrogen-bond donors (Lipinski definition) is 2. The Morgan fingerprint density at radius 1 is 1.10 bits per heavy atom. The molecule has 0 fully saturated rings. The van der Waals surface area contributed by atoms with E-state index in [1.165, 1.54) is 5.56 Å². The molecule has 0 saturated carbocycles. The average Bonchev–Trinajstić information content (AvgIpc) is 2.41. The van der Waals surface area contributed by atoms with Crippen molar-refractivity contribution in [2.24, 2.45) is 0 Å². The number of hydrogen-bond acceptors (Lipinski definition) is 7. The highest BCUT2D eigenvalue weighted by Gasteiger charge is 2.12. The lowest BCUT2D eigenvalue weighted by Gasteiger charge is -2.13. The molecular formula is C13H17N5S2. The number of nitrogens with zero attached hydrogens (tertiary/aromatic N) is 3. The van der Waals surface area contributed by atoms with Crippen molar-refractivity contribution in [1.82, 2.24) is 15.0 Å². The van der Waals surface area contributed by atoms with Crippen molar-refractivity contribution >= 4 is 35.3 Å². The third-order valence-corrected chi connectivity index (χ3v) is 4.47. The van der Waals surface area contributed by atoms with Crippen LogP contribution in [0.4, 0.5) is 11.8 Å². The van der Waals surface area contributed by atoms with E-state index in [1.807, 2.05) is 12.5 Å². The van der Waals surface area contributed by atoms with Gasteiger partial charge >= 0.3 is 0 Å². The second-order valence-electron chi connectivity index (χ2n) is 4.50. The van der Waals surface area contributed by atoms with Gasteiger partial charge in [0.15, 0.2) is 0 Å². The Bertz CT molecular complexity index is 616. The highest BCUT2D eigenvalue weighted by Crippen LogP contribution is 2.37. The molecule has 2 rings (SSSR count). The lowest BCUT2D eigenvalue weighted by Crippen LogP contribution is -2.01. The molecule has 0 aliphatic carbocycles. The molecule has 0 amide bonds. The highest BCUT2D eigenvalue weighted by atomic mass is 32.2. The van der Waals surface area contributed by atoms with Gasteiger partial charge in [0, 0.05) is 17.3 Å². The largest absolute Gasteiger partial charge is 0.383 e. The van der Waals surface area contributed by atoms with Crippen LogP contribution in [0.15, 0.2) is 33.3 Å². The summed E-state index contributed by atoms with van der Waals surface area (Å²) in [7, 11) is 0. The second kappa shape index (κ2) is 6.32. The molecule has 0 bridgehead atoms.